The van der Waals surface area contributed by atoms with Crippen LogP contribution in [0.25, 0.3) is 0 Å². The highest BCUT2D eigenvalue weighted by atomic mass is 32.2. The van der Waals surface area contributed by atoms with Gasteiger partial charge < -0.3 is 15.6 Å². The van der Waals surface area contributed by atoms with Crippen molar-refractivity contribution in [2.24, 2.45) is 5.73 Å². The van der Waals surface area contributed by atoms with Crippen molar-refractivity contribution in [2.75, 3.05) is 11.1 Å². The minimum Gasteiger partial charge on any atom is -0.369 e. The summed E-state index contributed by atoms with van der Waals surface area (Å²) in [6.45, 7) is 6.57. The summed E-state index contributed by atoms with van der Waals surface area (Å²) in [7, 11) is 0. The van der Waals surface area contributed by atoms with Crippen LogP contribution >= 0.6 is 11.8 Å². The van der Waals surface area contributed by atoms with Crippen molar-refractivity contribution in [3.63, 3.8) is 0 Å². The first-order valence-electron chi connectivity index (χ1n) is 7.61. The first-order valence-corrected chi connectivity index (χ1v) is 8.59. The number of aromatic nitrogens is 3. The molecular formula is C16H21N5O2S. The van der Waals surface area contributed by atoms with Crippen LogP contribution in [0.3, 0.4) is 0 Å². The SMILES string of the molecule is CCn1c(CC(=O)Nc2ccc(C)c(C)c2)nnc1SCC(N)=O. The van der Waals surface area contributed by atoms with E-state index in [0.29, 0.717) is 17.5 Å². The van der Waals surface area contributed by atoms with E-state index in [1.54, 1.807) is 0 Å². The number of primary amides is 1. The number of thioether (sulfide) groups is 1. The van der Waals surface area contributed by atoms with Crippen molar-refractivity contribution >= 4 is 29.3 Å². The molecule has 0 aliphatic heterocycles. The molecule has 2 amide bonds. The van der Waals surface area contributed by atoms with E-state index in [1.807, 2.05) is 43.5 Å². The van der Waals surface area contributed by atoms with E-state index in [9.17, 15) is 9.59 Å². The molecule has 1 heterocycles. The highest BCUT2D eigenvalue weighted by molar-refractivity contribution is 7.99. The zero-order chi connectivity index (χ0) is 17.7. The number of hydrogen-bond donors (Lipinski definition) is 2. The zero-order valence-corrected chi connectivity index (χ0v) is 14.8. The van der Waals surface area contributed by atoms with Crippen LogP contribution in [0.1, 0.15) is 23.9 Å². The Morgan fingerprint density at radius 2 is 2.00 bits per heavy atom. The van der Waals surface area contributed by atoms with Crippen molar-refractivity contribution in [2.45, 2.75) is 38.9 Å². The molecule has 24 heavy (non-hydrogen) atoms. The minimum atomic E-state index is -0.417. The summed E-state index contributed by atoms with van der Waals surface area (Å²) in [4.78, 5) is 23.1. The van der Waals surface area contributed by atoms with E-state index in [1.165, 1.54) is 17.3 Å². The van der Waals surface area contributed by atoms with Crippen molar-refractivity contribution in [3.05, 3.63) is 35.2 Å². The van der Waals surface area contributed by atoms with E-state index < -0.39 is 5.91 Å². The van der Waals surface area contributed by atoms with Gasteiger partial charge in [-0.15, -0.1) is 10.2 Å². The van der Waals surface area contributed by atoms with Gasteiger partial charge in [0.2, 0.25) is 11.8 Å². The van der Waals surface area contributed by atoms with Crippen molar-refractivity contribution in [3.8, 4) is 0 Å². The molecule has 0 radical (unpaired) electrons. The largest absolute Gasteiger partial charge is 0.369 e. The molecule has 7 nitrogen and oxygen atoms in total. The summed E-state index contributed by atoms with van der Waals surface area (Å²) >= 11 is 1.22. The number of nitrogens with two attached hydrogens (primary N) is 1. The van der Waals surface area contributed by atoms with Crippen molar-refractivity contribution < 1.29 is 9.59 Å². The number of hydrogen-bond acceptors (Lipinski definition) is 5. The monoisotopic (exact) mass is 347 g/mol. The van der Waals surface area contributed by atoms with E-state index >= 15 is 0 Å². The van der Waals surface area contributed by atoms with Gasteiger partial charge in [-0.25, -0.2) is 0 Å². The van der Waals surface area contributed by atoms with E-state index in [4.69, 9.17) is 5.73 Å². The molecular weight excluding hydrogens is 326 g/mol. The zero-order valence-electron chi connectivity index (χ0n) is 14.0. The van der Waals surface area contributed by atoms with Gasteiger partial charge in [0.15, 0.2) is 5.16 Å². The second-order valence-electron chi connectivity index (χ2n) is 5.42. The number of nitrogens with zero attached hydrogens (tertiary/aromatic N) is 3. The number of nitrogens with one attached hydrogen (secondary N) is 1. The number of aryl methyl sites for hydroxylation is 2. The van der Waals surface area contributed by atoms with E-state index in [2.05, 4.69) is 15.5 Å². The molecule has 3 N–H and O–H groups in total. The van der Waals surface area contributed by atoms with Gasteiger partial charge >= 0.3 is 0 Å². The number of amides is 2. The summed E-state index contributed by atoms with van der Waals surface area (Å²) in [6.07, 6.45) is 0.116. The molecule has 2 rings (SSSR count). The quantitative estimate of drug-likeness (QED) is 0.742. The van der Waals surface area contributed by atoms with Crippen LogP contribution in [0.15, 0.2) is 23.4 Å². The molecule has 0 fully saturated rings. The van der Waals surface area contributed by atoms with Crippen LogP contribution in [0.5, 0.6) is 0 Å². The predicted molar refractivity (Wildman–Crippen MR) is 93.9 cm³/mol. The molecule has 0 unspecified atom stereocenters. The maximum atomic E-state index is 12.2. The van der Waals surface area contributed by atoms with Crippen LogP contribution in [-0.2, 0) is 22.6 Å². The van der Waals surface area contributed by atoms with Crippen LogP contribution in [-0.4, -0.2) is 32.3 Å². The Hall–Kier alpha value is -2.35. The Kier molecular flexibility index (Phi) is 5.97. The second-order valence-corrected chi connectivity index (χ2v) is 6.36. The van der Waals surface area contributed by atoms with Gasteiger partial charge in [0, 0.05) is 12.2 Å². The third-order valence-electron chi connectivity index (χ3n) is 3.56. The lowest BCUT2D eigenvalue weighted by atomic mass is 10.1. The van der Waals surface area contributed by atoms with Crippen LogP contribution < -0.4 is 11.1 Å². The van der Waals surface area contributed by atoms with Crippen molar-refractivity contribution in [1.82, 2.24) is 14.8 Å². The minimum absolute atomic E-state index is 0.116. The fraction of sp³-hybridized carbons (Fsp3) is 0.375. The van der Waals surface area contributed by atoms with Gasteiger partial charge in [-0.2, -0.15) is 0 Å². The van der Waals surface area contributed by atoms with Crippen LogP contribution in [0, 0.1) is 13.8 Å². The highest BCUT2D eigenvalue weighted by Crippen LogP contribution is 2.18. The molecule has 0 bridgehead atoms. The van der Waals surface area contributed by atoms with Crippen LogP contribution in [0.2, 0.25) is 0 Å². The number of carbonyl (C=O) groups is 2. The van der Waals surface area contributed by atoms with E-state index in [-0.39, 0.29) is 18.1 Å². The normalized spacial score (nSPS) is 10.6. The average molecular weight is 347 g/mol. The predicted octanol–water partition coefficient (Wildman–Crippen LogP) is 1.67. The third-order valence-corrected chi connectivity index (χ3v) is 4.55. The first-order chi connectivity index (χ1) is 11.4. The smallest absolute Gasteiger partial charge is 0.232 e. The molecule has 0 saturated carbocycles. The van der Waals surface area contributed by atoms with Gasteiger partial charge in [-0.1, -0.05) is 17.8 Å². The maximum absolute atomic E-state index is 12.2. The average Bonchev–Trinajstić information content (AvgIpc) is 2.90. The summed E-state index contributed by atoms with van der Waals surface area (Å²) in [5, 5.41) is 11.5. The molecule has 128 valence electrons. The Morgan fingerprint density at radius 1 is 1.25 bits per heavy atom. The van der Waals surface area contributed by atoms with Gasteiger partial charge in [-0.05, 0) is 44.0 Å². The summed E-state index contributed by atoms with van der Waals surface area (Å²) in [5.74, 6) is 0.116. The highest BCUT2D eigenvalue weighted by Gasteiger charge is 2.15. The molecule has 0 spiro atoms. The Bertz CT molecular complexity index is 757. The Morgan fingerprint density at radius 3 is 2.62 bits per heavy atom. The first kappa shape index (κ1) is 18.0. The summed E-state index contributed by atoms with van der Waals surface area (Å²) in [5.41, 5.74) is 8.20. The number of benzene rings is 1. The Labute approximate surface area is 145 Å². The van der Waals surface area contributed by atoms with Crippen molar-refractivity contribution in [1.29, 1.82) is 0 Å². The third kappa shape index (κ3) is 4.58. The standard InChI is InChI=1S/C16H21N5O2S/c1-4-21-14(19-20-16(21)24-9-13(17)22)8-15(23)18-12-6-5-10(2)11(3)7-12/h5-7H,4,8-9H2,1-3H3,(H2,17,22)(H,18,23). The lowest BCUT2D eigenvalue weighted by Crippen LogP contribution is -2.18. The number of rotatable bonds is 7. The summed E-state index contributed by atoms with van der Waals surface area (Å²) in [6, 6.07) is 5.78. The maximum Gasteiger partial charge on any atom is 0.232 e. The van der Waals surface area contributed by atoms with Gasteiger partial charge in [0.25, 0.3) is 0 Å². The topological polar surface area (TPSA) is 103 Å². The summed E-state index contributed by atoms with van der Waals surface area (Å²) < 4.78 is 1.81. The molecule has 1 aromatic heterocycles. The second kappa shape index (κ2) is 7.96. The van der Waals surface area contributed by atoms with E-state index in [0.717, 1.165) is 11.3 Å². The fourth-order valence-electron chi connectivity index (χ4n) is 2.18. The Balaban J connectivity index is 2.05. The number of carbonyl (C=O) groups excluding carboxylic acids is 2. The molecule has 1 aromatic carbocycles. The molecule has 0 saturated heterocycles. The van der Waals surface area contributed by atoms with Gasteiger partial charge in [0.05, 0.1) is 12.2 Å². The van der Waals surface area contributed by atoms with Crippen LogP contribution in [0.4, 0.5) is 5.69 Å². The lowest BCUT2D eigenvalue weighted by Gasteiger charge is -2.09. The molecule has 2 aromatic rings. The van der Waals surface area contributed by atoms with Gasteiger partial charge in [-0.3, -0.25) is 9.59 Å². The molecule has 0 atom stereocenters. The molecule has 8 heteroatoms. The molecule has 0 aliphatic carbocycles. The fourth-order valence-corrected chi connectivity index (χ4v) is 2.94. The lowest BCUT2D eigenvalue weighted by molar-refractivity contribution is -0.116. The number of anilines is 1. The van der Waals surface area contributed by atoms with Gasteiger partial charge in [0.1, 0.15) is 5.82 Å². The molecule has 0 aliphatic rings.